The predicted octanol–water partition coefficient (Wildman–Crippen LogP) is 1.80. The van der Waals surface area contributed by atoms with E-state index in [2.05, 4.69) is 43.0 Å². The molecule has 17 heavy (non-hydrogen) atoms. The van der Waals surface area contributed by atoms with Gasteiger partial charge in [0.25, 0.3) is 0 Å². The highest BCUT2D eigenvalue weighted by molar-refractivity contribution is 5.55. The molecule has 0 bridgehead atoms. The lowest BCUT2D eigenvalue weighted by molar-refractivity contribution is 0.00573. The zero-order chi connectivity index (χ0) is 12.3. The van der Waals surface area contributed by atoms with Crippen LogP contribution in [0.3, 0.4) is 0 Å². The second-order valence-electron chi connectivity index (χ2n) is 4.86. The Bertz CT molecular complexity index is 361. The third-order valence-electron chi connectivity index (χ3n) is 3.25. The maximum atomic E-state index is 5.69. The Morgan fingerprint density at radius 1 is 1.35 bits per heavy atom. The highest BCUT2D eigenvalue weighted by atomic mass is 16.5. The lowest BCUT2D eigenvalue weighted by Crippen LogP contribution is -2.52. The molecular weight excluding hydrogens is 212 g/mol. The lowest BCUT2D eigenvalue weighted by atomic mass is 10.0. The summed E-state index contributed by atoms with van der Waals surface area (Å²) in [5, 5.41) is 0. The van der Waals surface area contributed by atoms with E-state index in [9.17, 15) is 0 Å². The molecule has 0 unspecified atom stereocenters. The van der Waals surface area contributed by atoms with E-state index >= 15 is 0 Å². The van der Waals surface area contributed by atoms with Gasteiger partial charge in [0.2, 0.25) is 0 Å². The van der Waals surface area contributed by atoms with Gasteiger partial charge in [-0.15, -0.1) is 0 Å². The fourth-order valence-electron chi connectivity index (χ4n) is 2.41. The second kappa shape index (κ2) is 5.52. The van der Waals surface area contributed by atoms with Gasteiger partial charge < -0.3 is 15.4 Å². The minimum absolute atomic E-state index is 0.489. The molecule has 1 heterocycles. The van der Waals surface area contributed by atoms with Crippen LogP contribution < -0.4 is 10.6 Å². The number of para-hydroxylation sites is 1. The van der Waals surface area contributed by atoms with Gasteiger partial charge in [-0.2, -0.15) is 0 Å². The van der Waals surface area contributed by atoms with Crippen molar-refractivity contribution in [2.45, 2.75) is 32.4 Å². The number of rotatable bonds is 5. The monoisotopic (exact) mass is 234 g/mol. The van der Waals surface area contributed by atoms with E-state index in [4.69, 9.17) is 10.5 Å². The molecule has 0 amide bonds. The van der Waals surface area contributed by atoms with Crippen molar-refractivity contribution in [1.82, 2.24) is 0 Å². The van der Waals surface area contributed by atoms with Gasteiger partial charge in [-0.05, 0) is 38.4 Å². The average Bonchev–Trinajstić information content (AvgIpc) is 2.24. The molecule has 3 nitrogen and oxygen atoms in total. The molecule has 0 saturated carbocycles. The maximum absolute atomic E-state index is 5.69. The summed E-state index contributed by atoms with van der Waals surface area (Å²) in [5.74, 6) is 0. The molecule has 3 heteroatoms. The fraction of sp³-hybridized carbons (Fsp3) is 0.571. The summed E-state index contributed by atoms with van der Waals surface area (Å²) in [6.07, 6.45) is 0.937. The fourth-order valence-corrected chi connectivity index (χ4v) is 2.41. The quantitative estimate of drug-likeness (QED) is 0.844. The smallest absolute Gasteiger partial charge is 0.0760 e. The number of ether oxygens (including phenoxy) is 1. The molecule has 1 aromatic carbocycles. The average molecular weight is 234 g/mol. The number of hydrogen-bond donors (Lipinski definition) is 1. The maximum Gasteiger partial charge on any atom is 0.0760 e. The van der Waals surface area contributed by atoms with Gasteiger partial charge in [-0.1, -0.05) is 18.2 Å². The van der Waals surface area contributed by atoms with Gasteiger partial charge in [-0.3, -0.25) is 0 Å². The Hall–Kier alpha value is -1.06. The molecule has 0 atom stereocenters. The van der Waals surface area contributed by atoms with E-state index < -0.39 is 0 Å². The normalized spacial score (nSPS) is 16.0. The van der Waals surface area contributed by atoms with E-state index in [1.165, 1.54) is 11.3 Å². The Morgan fingerprint density at radius 3 is 2.59 bits per heavy atom. The van der Waals surface area contributed by atoms with Crippen LogP contribution >= 0.6 is 0 Å². The van der Waals surface area contributed by atoms with Crippen LogP contribution in [0.25, 0.3) is 0 Å². The van der Waals surface area contributed by atoms with Crippen molar-refractivity contribution >= 4 is 5.69 Å². The molecule has 1 aliphatic heterocycles. The van der Waals surface area contributed by atoms with Gasteiger partial charge in [0.15, 0.2) is 0 Å². The summed E-state index contributed by atoms with van der Waals surface area (Å²) in [5.41, 5.74) is 8.35. The highest BCUT2D eigenvalue weighted by Crippen LogP contribution is 2.27. The van der Waals surface area contributed by atoms with Crippen molar-refractivity contribution in [3.63, 3.8) is 0 Å². The van der Waals surface area contributed by atoms with Crippen molar-refractivity contribution in [3.8, 4) is 0 Å². The molecule has 1 aromatic rings. The van der Waals surface area contributed by atoms with Crippen LogP contribution in [0.4, 0.5) is 5.69 Å². The zero-order valence-electron chi connectivity index (χ0n) is 10.7. The molecule has 1 fully saturated rings. The van der Waals surface area contributed by atoms with Crippen molar-refractivity contribution in [2.24, 2.45) is 5.73 Å². The first-order chi connectivity index (χ1) is 8.24. The van der Waals surface area contributed by atoms with E-state index in [1.807, 2.05) is 0 Å². The summed E-state index contributed by atoms with van der Waals surface area (Å²) in [6, 6.07) is 9.58. The third kappa shape index (κ3) is 2.61. The summed E-state index contributed by atoms with van der Waals surface area (Å²) < 4.78 is 5.32. The standard InChI is InChI=1S/C14H22N2O/c1-11(2)16(13-9-17-10-13)14-6-4-3-5-12(14)7-8-15/h3-6,11,13H,7-10,15H2,1-2H3. The number of benzene rings is 1. The largest absolute Gasteiger partial charge is 0.377 e. The topological polar surface area (TPSA) is 38.5 Å². The molecule has 2 rings (SSSR count). The first kappa shape index (κ1) is 12.4. The van der Waals surface area contributed by atoms with Crippen LogP contribution in [0.1, 0.15) is 19.4 Å². The van der Waals surface area contributed by atoms with E-state index in [-0.39, 0.29) is 0 Å². The van der Waals surface area contributed by atoms with Crippen LogP contribution in [0.5, 0.6) is 0 Å². The van der Waals surface area contributed by atoms with Crippen LogP contribution in [0.15, 0.2) is 24.3 Å². The highest BCUT2D eigenvalue weighted by Gasteiger charge is 2.29. The van der Waals surface area contributed by atoms with E-state index in [1.54, 1.807) is 0 Å². The molecule has 0 aromatic heterocycles. The Labute approximate surface area is 104 Å². The summed E-state index contributed by atoms with van der Waals surface area (Å²) in [4.78, 5) is 2.47. The molecule has 94 valence electrons. The third-order valence-corrected chi connectivity index (χ3v) is 3.25. The summed E-state index contributed by atoms with van der Waals surface area (Å²) in [7, 11) is 0. The molecule has 1 saturated heterocycles. The van der Waals surface area contributed by atoms with Gasteiger partial charge in [0.1, 0.15) is 0 Å². The van der Waals surface area contributed by atoms with Crippen LogP contribution in [0, 0.1) is 0 Å². The molecular formula is C14H22N2O. The lowest BCUT2D eigenvalue weighted by Gasteiger charge is -2.42. The minimum atomic E-state index is 0.489. The van der Waals surface area contributed by atoms with Crippen LogP contribution in [-0.4, -0.2) is 31.8 Å². The molecule has 1 aliphatic rings. The van der Waals surface area contributed by atoms with Crippen molar-refractivity contribution in [1.29, 1.82) is 0 Å². The summed E-state index contributed by atoms with van der Waals surface area (Å²) in [6.45, 7) is 6.85. The van der Waals surface area contributed by atoms with Crippen molar-refractivity contribution in [2.75, 3.05) is 24.7 Å². The van der Waals surface area contributed by atoms with Gasteiger partial charge in [0.05, 0.1) is 19.3 Å². The molecule has 0 spiro atoms. The zero-order valence-corrected chi connectivity index (χ0v) is 10.7. The number of anilines is 1. The van der Waals surface area contributed by atoms with Crippen molar-refractivity contribution < 1.29 is 4.74 Å². The number of nitrogens with zero attached hydrogens (tertiary/aromatic N) is 1. The number of nitrogens with two attached hydrogens (primary N) is 1. The Morgan fingerprint density at radius 2 is 2.06 bits per heavy atom. The SMILES string of the molecule is CC(C)N(c1ccccc1CCN)C1COC1. The van der Waals surface area contributed by atoms with Gasteiger partial charge >= 0.3 is 0 Å². The minimum Gasteiger partial charge on any atom is -0.377 e. The number of hydrogen-bond acceptors (Lipinski definition) is 3. The molecule has 0 aliphatic carbocycles. The summed E-state index contributed by atoms with van der Waals surface area (Å²) >= 11 is 0. The van der Waals surface area contributed by atoms with Crippen molar-refractivity contribution in [3.05, 3.63) is 29.8 Å². The first-order valence-electron chi connectivity index (χ1n) is 6.38. The van der Waals surface area contributed by atoms with Crippen LogP contribution in [-0.2, 0) is 11.2 Å². The Kier molecular flexibility index (Phi) is 4.02. The molecule has 0 radical (unpaired) electrons. The molecule has 2 N–H and O–H groups in total. The Balaban J connectivity index is 2.27. The first-order valence-corrected chi connectivity index (χ1v) is 6.38. The second-order valence-corrected chi connectivity index (χ2v) is 4.86. The van der Waals surface area contributed by atoms with Gasteiger partial charge in [0, 0.05) is 11.7 Å². The van der Waals surface area contributed by atoms with Gasteiger partial charge in [-0.25, -0.2) is 0 Å². The predicted molar refractivity (Wildman–Crippen MR) is 71.4 cm³/mol. The van der Waals surface area contributed by atoms with E-state index in [0.29, 0.717) is 18.6 Å². The van der Waals surface area contributed by atoms with Crippen LogP contribution in [0.2, 0.25) is 0 Å². The van der Waals surface area contributed by atoms with E-state index in [0.717, 1.165) is 19.6 Å².